The van der Waals surface area contributed by atoms with Crippen LogP contribution in [0, 0.1) is 0 Å². The van der Waals surface area contributed by atoms with Crippen molar-refractivity contribution in [1.29, 1.82) is 0 Å². The fourth-order valence-corrected chi connectivity index (χ4v) is 3.32. The van der Waals surface area contributed by atoms with Gasteiger partial charge >= 0.3 is 0 Å². The summed E-state index contributed by atoms with van der Waals surface area (Å²) in [7, 11) is -2.11. The van der Waals surface area contributed by atoms with Gasteiger partial charge in [-0.25, -0.2) is 13.6 Å². The van der Waals surface area contributed by atoms with Crippen molar-refractivity contribution in [2.45, 2.75) is 30.7 Å². The third-order valence-corrected chi connectivity index (χ3v) is 4.88. The van der Waals surface area contributed by atoms with Crippen LogP contribution in [0.15, 0.2) is 27.6 Å². The van der Waals surface area contributed by atoms with Gasteiger partial charge in [0.25, 0.3) is 0 Å². The SMILES string of the molecule is COCCc1noc(CN2CCCc3ccc(S(N)(=O)=O)cc32)n1. The normalized spacial score (nSPS) is 14.7. The van der Waals surface area contributed by atoms with Crippen LogP contribution >= 0.6 is 0 Å². The molecule has 0 atom stereocenters. The number of primary sulfonamides is 1. The highest BCUT2D eigenvalue weighted by Crippen LogP contribution is 2.30. The monoisotopic (exact) mass is 352 g/mol. The van der Waals surface area contributed by atoms with E-state index in [1.165, 1.54) is 0 Å². The van der Waals surface area contributed by atoms with E-state index in [2.05, 4.69) is 10.1 Å². The molecule has 1 aliphatic heterocycles. The Kier molecular flexibility index (Phi) is 4.83. The molecule has 0 saturated heterocycles. The molecular formula is C15H20N4O4S. The summed E-state index contributed by atoms with van der Waals surface area (Å²) < 4.78 is 33.5. The molecule has 2 aromatic rings. The number of rotatable bonds is 6. The average Bonchev–Trinajstić information content (AvgIpc) is 2.99. The zero-order chi connectivity index (χ0) is 17.2. The molecular weight excluding hydrogens is 332 g/mol. The number of hydrogen-bond donors (Lipinski definition) is 1. The van der Waals surface area contributed by atoms with E-state index in [9.17, 15) is 8.42 Å². The third-order valence-electron chi connectivity index (χ3n) is 3.97. The van der Waals surface area contributed by atoms with Crippen molar-refractivity contribution in [3.05, 3.63) is 35.5 Å². The van der Waals surface area contributed by atoms with Gasteiger partial charge in [-0.1, -0.05) is 11.2 Å². The maximum absolute atomic E-state index is 11.6. The highest BCUT2D eigenvalue weighted by molar-refractivity contribution is 7.89. The van der Waals surface area contributed by atoms with Gasteiger partial charge in [0.15, 0.2) is 5.82 Å². The molecule has 0 fully saturated rings. The highest BCUT2D eigenvalue weighted by atomic mass is 32.2. The molecule has 24 heavy (non-hydrogen) atoms. The van der Waals surface area contributed by atoms with Crippen molar-refractivity contribution < 1.29 is 17.7 Å². The second kappa shape index (κ2) is 6.88. The zero-order valence-electron chi connectivity index (χ0n) is 13.4. The number of fused-ring (bicyclic) bond motifs is 1. The molecule has 1 aromatic heterocycles. The van der Waals surface area contributed by atoms with Gasteiger partial charge in [0.2, 0.25) is 15.9 Å². The van der Waals surface area contributed by atoms with Crippen molar-refractivity contribution >= 4 is 15.7 Å². The van der Waals surface area contributed by atoms with Gasteiger partial charge in [-0.3, -0.25) is 0 Å². The number of hydrogen-bond acceptors (Lipinski definition) is 7. The molecule has 9 heteroatoms. The molecule has 130 valence electrons. The summed E-state index contributed by atoms with van der Waals surface area (Å²) >= 11 is 0. The van der Waals surface area contributed by atoms with Gasteiger partial charge < -0.3 is 14.2 Å². The van der Waals surface area contributed by atoms with Crippen LogP contribution in [0.5, 0.6) is 0 Å². The van der Waals surface area contributed by atoms with Crippen molar-refractivity contribution in [3.8, 4) is 0 Å². The lowest BCUT2D eigenvalue weighted by molar-refractivity contribution is 0.199. The number of aryl methyl sites for hydroxylation is 1. The highest BCUT2D eigenvalue weighted by Gasteiger charge is 2.21. The summed E-state index contributed by atoms with van der Waals surface area (Å²) in [6.07, 6.45) is 2.47. The Morgan fingerprint density at radius 1 is 1.42 bits per heavy atom. The van der Waals surface area contributed by atoms with Gasteiger partial charge in [0.05, 0.1) is 18.0 Å². The lowest BCUT2D eigenvalue weighted by Gasteiger charge is -2.30. The van der Waals surface area contributed by atoms with Crippen molar-refractivity contribution in [2.75, 3.05) is 25.2 Å². The molecule has 0 radical (unpaired) electrons. The summed E-state index contributed by atoms with van der Waals surface area (Å²) in [5.41, 5.74) is 1.94. The molecule has 0 spiro atoms. The fraction of sp³-hybridized carbons (Fsp3) is 0.467. The van der Waals surface area contributed by atoms with Crippen LogP contribution in [0.2, 0.25) is 0 Å². The fourth-order valence-electron chi connectivity index (χ4n) is 2.78. The standard InChI is InChI=1S/C15H20N4O4S/c1-22-8-6-14-17-15(23-18-14)10-19-7-2-3-11-4-5-12(9-13(11)19)24(16,20)21/h4-5,9H,2-3,6-8,10H2,1H3,(H2,16,20,21). The first-order chi connectivity index (χ1) is 11.5. The van der Waals surface area contributed by atoms with Crippen molar-refractivity contribution in [1.82, 2.24) is 10.1 Å². The molecule has 2 N–H and O–H groups in total. The maximum Gasteiger partial charge on any atom is 0.246 e. The van der Waals surface area contributed by atoms with Crippen LogP contribution in [-0.2, 0) is 34.1 Å². The van der Waals surface area contributed by atoms with E-state index in [1.807, 2.05) is 11.0 Å². The summed E-state index contributed by atoms with van der Waals surface area (Å²) in [4.78, 5) is 6.50. The molecule has 0 bridgehead atoms. The quantitative estimate of drug-likeness (QED) is 0.820. The number of benzene rings is 1. The Labute approximate surface area is 140 Å². The summed E-state index contributed by atoms with van der Waals surface area (Å²) in [6, 6.07) is 4.98. The number of anilines is 1. The van der Waals surface area contributed by atoms with E-state index in [-0.39, 0.29) is 4.90 Å². The topological polar surface area (TPSA) is 112 Å². The van der Waals surface area contributed by atoms with Gasteiger partial charge in [-0.15, -0.1) is 0 Å². The summed E-state index contributed by atoms with van der Waals surface area (Å²) in [5.74, 6) is 1.09. The van der Waals surface area contributed by atoms with Crippen LogP contribution in [0.4, 0.5) is 5.69 Å². The van der Waals surface area contributed by atoms with Gasteiger partial charge in [0.1, 0.15) is 0 Å². The Bertz CT molecular complexity index is 819. The molecule has 3 rings (SSSR count). The molecule has 2 heterocycles. The Morgan fingerprint density at radius 2 is 2.25 bits per heavy atom. The second-order valence-electron chi connectivity index (χ2n) is 5.71. The van der Waals surface area contributed by atoms with E-state index in [4.69, 9.17) is 14.4 Å². The predicted molar refractivity (Wildman–Crippen MR) is 87.1 cm³/mol. The lowest BCUT2D eigenvalue weighted by Crippen LogP contribution is -2.29. The van der Waals surface area contributed by atoms with Gasteiger partial charge in [0, 0.05) is 25.8 Å². The lowest BCUT2D eigenvalue weighted by atomic mass is 10.0. The average molecular weight is 352 g/mol. The summed E-state index contributed by atoms with van der Waals surface area (Å²) in [6.45, 7) is 1.75. The van der Waals surface area contributed by atoms with Crippen LogP contribution < -0.4 is 10.0 Å². The second-order valence-corrected chi connectivity index (χ2v) is 7.27. The Hall–Kier alpha value is -1.97. The Morgan fingerprint density at radius 3 is 3.00 bits per heavy atom. The summed E-state index contributed by atoms with van der Waals surface area (Å²) in [5, 5.41) is 9.16. The largest absolute Gasteiger partial charge is 0.384 e. The van der Waals surface area contributed by atoms with Crippen LogP contribution in [-0.4, -0.2) is 38.8 Å². The third kappa shape index (κ3) is 3.74. The van der Waals surface area contributed by atoms with E-state index in [0.717, 1.165) is 30.6 Å². The number of ether oxygens (including phenoxy) is 1. The first-order valence-corrected chi connectivity index (χ1v) is 9.23. The number of sulfonamides is 1. The number of aromatic nitrogens is 2. The molecule has 0 saturated carbocycles. The van der Waals surface area contributed by atoms with E-state index < -0.39 is 10.0 Å². The van der Waals surface area contributed by atoms with Gasteiger partial charge in [-0.05, 0) is 30.5 Å². The van der Waals surface area contributed by atoms with Crippen molar-refractivity contribution in [3.63, 3.8) is 0 Å². The maximum atomic E-state index is 11.6. The first kappa shape index (κ1) is 16.9. The van der Waals surface area contributed by atoms with E-state index in [0.29, 0.717) is 31.3 Å². The first-order valence-electron chi connectivity index (χ1n) is 7.68. The molecule has 0 amide bonds. The number of nitrogens with zero attached hydrogens (tertiary/aromatic N) is 3. The molecule has 0 aliphatic carbocycles. The molecule has 0 unspecified atom stereocenters. The minimum atomic E-state index is -3.73. The predicted octanol–water partition coefficient (Wildman–Crippen LogP) is 0.859. The van der Waals surface area contributed by atoms with E-state index in [1.54, 1.807) is 19.2 Å². The molecule has 1 aliphatic rings. The smallest absolute Gasteiger partial charge is 0.246 e. The molecule has 8 nitrogen and oxygen atoms in total. The molecule has 1 aromatic carbocycles. The van der Waals surface area contributed by atoms with E-state index >= 15 is 0 Å². The van der Waals surface area contributed by atoms with Crippen molar-refractivity contribution in [2.24, 2.45) is 5.14 Å². The number of nitrogens with two attached hydrogens (primary N) is 1. The zero-order valence-corrected chi connectivity index (χ0v) is 14.3. The minimum Gasteiger partial charge on any atom is -0.384 e. The van der Waals surface area contributed by atoms with Gasteiger partial charge in [-0.2, -0.15) is 4.98 Å². The Balaban J connectivity index is 1.82. The van der Waals surface area contributed by atoms with Crippen LogP contribution in [0.25, 0.3) is 0 Å². The number of methoxy groups -OCH3 is 1. The minimum absolute atomic E-state index is 0.111. The van der Waals surface area contributed by atoms with Crippen LogP contribution in [0.1, 0.15) is 23.7 Å². The van der Waals surface area contributed by atoms with Crippen LogP contribution in [0.3, 0.4) is 0 Å².